The number of carboxylic acids is 1. The van der Waals surface area contributed by atoms with Gasteiger partial charge in [-0.15, -0.1) is 0 Å². The number of carbonyl (C=O) groups is 1. The summed E-state index contributed by atoms with van der Waals surface area (Å²) in [5.41, 5.74) is 0. The molecular weight excluding hydrogens is 236 g/mol. The number of hydrogen-bond acceptors (Lipinski definition) is 3. The molecule has 0 spiro atoms. The van der Waals surface area contributed by atoms with Gasteiger partial charge in [0.05, 0.1) is 5.92 Å². The lowest BCUT2D eigenvalue weighted by molar-refractivity contribution is -0.141. The lowest BCUT2D eigenvalue weighted by Gasteiger charge is -2.28. The first kappa shape index (κ1) is 13.2. The van der Waals surface area contributed by atoms with Crippen molar-refractivity contribution in [3.05, 3.63) is 0 Å². The molecule has 0 bridgehead atoms. The molecule has 1 saturated carbocycles. The van der Waals surface area contributed by atoms with Gasteiger partial charge in [-0.25, -0.2) is 0 Å². The molecule has 1 aliphatic carbocycles. The summed E-state index contributed by atoms with van der Waals surface area (Å²) in [7, 11) is 0. The van der Waals surface area contributed by atoms with Crippen molar-refractivity contribution in [2.24, 2.45) is 5.92 Å². The molecule has 3 nitrogen and oxygen atoms in total. The van der Waals surface area contributed by atoms with E-state index in [1.54, 1.807) is 0 Å². The molecule has 1 N–H and O–H groups in total. The Bertz CT molecular complexity index is 251. The summed E-state index contributed by atoms with van der Waals surface area (Å²) < 4.78 is 5.36. The van der Waals surface area contributed by atoms with E-state index in [9.17, 15) is 9.90 Å². The Morgan fingerprint density at radius 3 is 2.47 bits per heavy atom. The summed E-state index contributed by atoms with van der Waals surface area (Å²) in [4.78, 5) is 11.3. The summed E-state index contributed by atoms with van der Waals surface area (Å²) in [6.45, 7) is 1.70. The van der Waals surface area contributed by atoms with E-state index in [0.29, 0.717) is 10.5 Å². The second-order valence-electron chi connectivity index (χ2n) is 5.07. The zero-order valence-electron chi connectivity index (χ0n) is 10.3. The Morgan fingerprint density at radius 2 is 1.76 bits per heavy atom. The van der Waals surface area contributed by atoms with Gasteiger partial charge in [0.25, 0.3) is 0 Å². The van der Waals surface area contributed by atoms with Gasteiger partial charge in [-0.05, 0) is 25.7 Å². The van der Waals surface area contributed by atoms with E-state index in [0.717, 1.165) is 45.3 Å². The van der Waals surface area contributed by atoms with E-state index in [1.165, 1.54) is 12.8 Å². The first-order valence-electron chi connectivity index (χ1n) is 6.73. The SMILES string of the molecule is O=C(O)C1CCCCCC1SC1CCOCC1. The molecule has 2 atom stereocenters. The van der Waals surface area contributed by atoms with Crippen LogP contribution in [0.3, 0.4) is 0 Å². The maximum absolute atomic E-state index is 11.3. The summed E-state index contributed by atoms with van der Waals surface area (Å²) in [5, 5.41) is 10.3. The molecule has 0 radical (unpaired) electrons. The largest absolute Gasteiger partial charge is 0.481 e. The zero-order valence-corrected chi connectivity index (χ0v) is 11.1. The minimum atomic E-state index is -0.587. The lowest BCUT2D eigenvalue weighted by atomic mass is 10.0. The molecular formula is C13H22O3S. The summed E-state index contributed by atoms with van der Waals surface area (Å²) in [6, 6.07) is 0. The van der Waals surface area contributed by atoms with E-state index >= 15 is 0 Å². The van der Waals surface area contributed by atoms with Crippen LogP contribution in [0.1, 0.15) is 44.9 Å². The topological polar surface area (TPSA) is 46.5 Å². The fourth-order valence-corrected chi connectivity index (χ4v) is 4.48. The number of aliphatic carboxylic acids is 1. The molecule has 2 rings (SSSR count). The first-order valence-corrected chi connectivity index (χ1v) is 7.67. The van der Waals surface area contributed by atoms with Crippen molar-refractivity contribution in [3.8, 4) is 0 Å². The summed E-state index contributed by atoms with van der Waals surface area (Å²) in [5.74, 6) is -0.707. The second kappa shape index (κ2) is 6.64. The van der Waals surface area contributed by atoms with Gasteiger partial charge in [0.2, 0.25) is 0 Å². The number of thioether (sulfide) groups is 1. The van der Waals surface area contributed by atoms with Crippen LogP contribution in [-0.4, -0.2) is 34.8 Å². The number of carboxylic acid groups (broad SMARTS) is 1. The molecule has 1 saturated heterocycles. The third kappa shape index (κ3) is 3.88. The monoisotopic (exact) mass is 258 g/mol. The van der Waals surface area contributed by atoms with E-state index in [1.807, 2.05) is 11.8 Å². The molecule has 98 valence electrons. The average Bonchev–Trinajstić information content (AvgIpc) is 2.56. The highest BCUT2D eigenvalue weighted by molar-refractivity contribution is 8.00. The number of hydrogen-bond donors (Lipinski definition) is 1. The smallest absolute Gasteiger partial charge is 0.307 e. The quantitative estimate of drug-likeness (QED) is 0.791. The Labute approximate surface area is 107 Å². The van der Waals surface area contributed by atoms with Gasteiger partial charge in [0, 0.05) is 23.7 Å². The Hall–Kier alpha value is -0.220. The maximum Gasteiger partial charge on any atom is 0.307 e. The Kier molecular flexibility index (Phi) is 5.16. The predicted octanol–water partition coefficient (Wildman–Crippen LogP) is 2.93. The van der Waals surface area contributed by atoms with Crippen LogP contribution in [0.5, 0.6) is 0 Å². The minimum Gasteiger partial charge on any atom is -0.481 e. The molecule has 0 aromatic rings. The van der Waals surface area contributed by atoms with E-state index in [4.69, 9.17) is 4.74 Å². The highest BCUT2D eigenvalue weighted by Gasteiger charge is 2.32. The molecule has 4 heteroatoms. The maximum atomic E-state index is 11.3. The molecule has 2 aliphatic rings. The first-order chi connectivity index (χ1) is 8.27. The molecule has 1 heterocycles. The molecule has 1 aliphatic heterocycles. The van der Waals surface area contributed by atoms with Gasteiger partial charge in [-0.3, -0.25) is 4.79 Å². The van der Waals surface area contributed by atoms with Gasteiger partial charge >= 0.3 is 5.97 Å². The summed E-state index contributed by atoms with van der Waals surface area (Å²) in [6.07, 6.45) is 7.62. The van der Waals surface area contributed by atoms with Gasteiger partial charge in [0.15, 0.2) is 0 Å². The fourth-order valence-electron chi connectivity index (χ4n) is 2.78. The molecule has 2 fully saturated rings. The van der Waals surface area contributed by atoms with Crippen molar-refractivity contribution in [2.75, 3.05) is 13.2 Å². The Balaban J connectivity index is 1.91. The average molecular weight is 258 g/mol. The van der Waals surface area contributed by atoms with Crippen LogP contribution in [0.4, 0.5) is 0 Å². The number of rotatable bonds is 3. The van der Waals surface area contributed by atoms with Gasteiger partial charge in [-0.2, -0.15) is 11.8 Å². The third-order valence-electron chi connectivity index (χ3n) is 3.81. The van der Waals surface area contributed by atoms with Crippen molar-refractivity contribution < 1.29 is 14.6 Å². The van der Waals surface area contributed by atoms with Crippen molar-refractivity contribution in [1.29, 1.82) is 0 Å². The van der Waals surface area contributed by atoms with Crippen LogP contribution in [0.2, 0.25) is 0 Å². The van der Waals surface area contributed by atoms with Crippen molar-refractivity contribution in [3.63, 3.8) is 0 Å². The predicted molar refractivity (Wildman–Crippen MR) is 69.4 cm³/mol. The third-order valence-corrected chi connectivity index (χ3v) is 5.58. The second-order valence-corrected chi connectivity index (χ2v) is 6.61. The Morgan fingerprint density at radius 1 is 1.06 bits per heavy atom. The van der Waals surface area contributed by atoms with E-state index in [2.05, 4.69) is 0 Å². The number of ether oxygens (including phenoxy) is 1. The van der Waals surface area contributed by atoms with Crippen LogP contribution in [0, 0.1) is 5.92 Å². The fraction of sp³-hybridized carbons (Fsp3) is 0.923. The van der Waals surface area contributed by atoms with E-state index < -0.39 is 5.97 Å². The van der Waals surface area contributed by atoms with Crippen LogP contribution in [0.25, 0.3) is 0 Å². The normalized spacial score (nSPS) is 32.0. The van der Waals surface area contributed by atoms with E-state index in [-0.39, 0.29) is 5.92 Å². The van der Waals surface area contributed by atoms with Crippen LogP contribution < -0.4 is 0 Å². The van der Waals surface area contributed by atoms with Crippen LogP contribution >= 0.6 is 11.8 Å². The van der Waals surface area contributed by atoms with Gasteiger partial charge < -0.3 is 9.84 Å². The molecule has 0 amide bonds. The molecule has 17 heavy (non-hydrogen) atoms. The van der Waals surface area contributed by atoms with Crippen molar-refractivity contribution >= 4 is 17.7 Å². The standard InChI is InChI=1S/C13H22O3S/c14-13(15)11-4-2-1-3-5-12(11)17-10-6-8-16-9-7-10/h10-12H,1-9H2,(H,14,15). The highest BCUT2D eigenvalue weighted by Crippen LogP contribution is 2.37. The van der Waals surface area contributed by atoms with Crippen molar-refractivity contribution in [1.82, 2.24) is 0 Å². The molecule has 0 aromatic carbocycles. The van der Waals surface area contributed by atoms with Gasteiger partial charge in [-0.1, -0.05) is 19.3 Å². The highest BCUT2D eigenvalue weighted by atomic mass is 32.2. The zero-order chi connectivity index (χ0) is 12.1. The molecule has 2 unspecified atom stereocenters. The van der Waals surface area contributed by atoms with Crippen LogP contribution in [-0.2, 0) is 9.53 Å². The lowest BCUT2D eigenvalue weighted by Crippen LogP contribution is -2.28. The molecule has 0 aromatic heterocycles. The van der Waals surface area contributed by atoms with Crippen LogP contribution in [0.15, 0.2) is 0 Å². The van der Waals surface area contributed by atoms with Gasteiger partial charge in [0.1, 0.15) is 0 Å². The summed E-state index contributed by atoms with van der Waals surface area (Å²) >= 11 is 1.93. The van der Waals surface area contributed by atoms with Crippen molar-refractivity contribution in [2.45, 2.75) is 55.4 Å². The minimum absolute atomic E-state index is 0.120.